The van der Waals surface area contributed by atoms with Gasteiger partial charge in [0.05, 0.1) is 13.1 Å². The van der Waals surface area contributed by atoms with Crippen molar-refractivity contribution in [1.82, 2.24) is 15.1 Å². The number of aliphatic carboxylic acids is 4. The summed E-state index contributed by atoms with van der Waals surface area (Å²) in [7, 11) is 0. The largest absolute Gasteiger partial charge is 0.481 e. The smallest absolute Gasteiger partial charge is 0.320 e. The Balaban J connectivity index is 4.50. The Morgan fingerprint density at radius 1 is 0.846 bits per heavy atom. The van der Waals surface area contributed by atoms with E-state index in [-0.39, 0.29) is 39.0 Å². The molecule has 11 nitrogen and oxygen atoms in total. The molecule has 0 fully saturated rings. The van der Waals surface area contributed by atoms with E-state index < -0.39 is 29.9 Å². The Kier molecular flexibility index (Phi) is 11.9. The first-order valence-corrected chi connectivity index (χ1v) is 8.22. The van der Waals surface area contributed by atoms with Crippen LogP contribution in [-0.2, 0) is 19.2 Å². The van der Waals surface area contributed by atoms with Crippen molar-refractivity contribution in [2.45, 2.75) is 25.8 Å². The van der Waals surface area contributed by atoms with Crippen LogP contribution in [-0.4, -0.2) is 106 Å². The Morgan fingerprint density at radius 3 is 1.85 bits per heavy atom. The monoisotopic (exact) mass is 377 g/mol. The molecule has 11 heteroatoms. The zero-order chi connectivity index (χ0) is 20.1. The lowest BCUT2D eigenvalue weighted by Gasteiger charge is -2.25. The van der Waals surface area contributed by atoms with E-state index in [0.717, 1.165) is 0 Å². The minimum atomic E-state index is -1.17. The maximum Gasteiger partial charge on any atom is 0.320 e. The zero-order valence-corrected chi connectivity index (χ0v) is 14.8. The minimum absolute atomic E-state index is 0.0776. The molecule has 26 heavy (non-hydrogen) atoms. The van der Waals surface area contributed by atoms with Crippen LogP contribution in [0.5, 0.6) is 0 Å². The average Bonchev–Trinajstić information content (AvgIpc) is 2.52. The summed E-state index contributed by atoms with van der Waals surface area (Å²) in [5.41, 5.74) is 0. The normalized spacial score (nSPS) is 12.3. The van der Waals surface area contributed by atoms with E-state index >= 15 is 0 Å². The molecule has 0 aromatic rings. The zero-order valence-electron chi connectivity index (χ0n) is 14.8. The molecule has 0 saturated carbocycles. The molecule has 1 unspecified atom stereocenters. The van der Waals surface area contributed by atoms with Gasteiger partial charge in [0.1, 0.15) is 6.04 Å². The highest BCUT2D eigenvalue weighted by Crippen LogP contribution is 1.99. The Labute approximate surface area is 151 Å². The van der Waals surface area contributed by atoms with Gasteiger partial charge in [-0.05, 0) is 13.0 Å². The van der Waals surface area contributed by atoms with Crippen molar-refractivity contribution < 1.29 is 39.6 Å². The van der Waals surface area contributed by atoms with E-state index in [4.69, 9.17) is 20.4 Å². The van der Waals surface area contributed by atoms with Crippen molar-refractivity contribution in [1.29, 1.82) is 0 Å². The molecular formula is C15H27N3O8. The summed E-state index contributed by atoms with van der Waals surface area (Å²) >= 11 is 0. The van der Waals surface area contributed by atoms with Crippen LogP contribution in [0.15, 0.2) is 0 Å². The fraction of sp³-hybridized carbons (Fsp3) is 0.733. The van der Waals surface area contributed by atoms with E-state index in [9.17, 15) is 19.2 Å². The van der Waals surface area contributed by atoms with Crippen LogP contribution in [0.3, 0.4) is 0 Å². The number of carbonyl (C=O) groups is 4. The van der Waals surface area contributed by atoms with Gasteiger partial charge in [0, 0.05) is 32.6 Å². The molecule has 0 aliphatic carbocycles. The summed E-state index contributed by atoms with van der Waals surface area (Å²) in [5.74, 6) is -4.29. The van der Waals surface area contributed by atoms with Crippen molar-refractivity contribution in [2.24, 2.45) is 0 Å². The van der Waals surface area contributed by atoms with Gasteiger partial charge in [0.2, 0.25) is 0 Å². The van der Waals surface area contributed by atoms with Crippen molar-refractivity contribution in [3.8, 4) is 0 Å². The topological polar surface area (TPSA) is 168 Å². The van der Waals surface area contributed by atoms with Crippen LogP contribution >= 0.6 is 0 Å². The van der Waals surface area contributed by atoms with Crippen LogP contribution in [0.1, 0.15) is 19.8 Å². The second-order valence-electron chi connectivity index (χ2n) is 5.71. The molecule has 0 aliphatic rings. The molecule has 0 spiro atoms. The number of rotatable bonds is 16. The highest BCUT2D eigenvalue weighted by atomic mass is 16.4. The second kappa shape index (κ2) is 13.0. The predicted octanol–water partition coefficient (Wildman–Crippen LogP) is -1.31. The molecule has 1 atom stereocenters. The molecule has 5 N–H and O–H groups in total. The molecule has 150 valence electrons. The fourth-order valence-corrected chi connectivity index (χ4v) is 2.26. The van der Waals surface area contributed by atoms with E-state index in [1.165, 1.54) is 0 Å². The summed E-state index contributed by atoms with van der Waals surface area (Å²) in [6.45, 7) is 2.95. The molecule has 0 aromatic heterocycles. The number of nitrogens with one attached hydrogen (secondary N) is 1. The highest BCUT2D eigenvalue weighted by molar-refractivity contribution is 5.75. The van der Waals surface area contributed by atoms with Crippen LogP contribution < -0.4 is 5.32 Å². The van der Waals surface area contributed by atoms with Gasteiger partial charge in [-0.25, -0.2) is 0 Å². The maximum absolute atomic E-state index is 11.1. The molecule has 0 rings (SSSR count). The van der Waals surface area contributed by atoms with Crippen LogP contribution in [0, 0.1) is 0 Å². The van der Waals surface area contributed by atoms with Crippen LogP contribution in [0.25, 0.3) is 0 Å². The Bertz CT molecular complexity index is 486. The number of nitrogens with zero attached hydrogens (tertiary/aromatic N) is 2. The van der Waals surface area contributed by atoms with Gasteiger partial charge in [-0.2, -0.15) is 0 Å². The Hall–Kier alpha value is -2.24. The first-order valence-electron chi connectivity index (χ1n) is 8.22. The number of hydrogen-bond donors (Lipinski definition) is 5. The molecule has 0 bridgehead atoms. The third-order valence-corrected chi connectivity index (χ3v) is 3.66. The molecule has 0 amide bonds. The predicted molar refractivity (Wildman–Crippen MR) is 90.1 cm³/mol. The minimum Gasteiger partial charge on any atom is -0.481 e. The second-order valence-corrected chi connectivity index (χ2v) is 5.71. The number of hydrogen-bond acceptors (Lipinski definition) is 7. The van der Waals surface area contributed by atoms with Crippen molar-refractivity contribution in [3.63, 3.8) is 0 Å². The SMILES string of the molecule is CCN(CCN(CCNC(CCC(=O)O)C(=O)O)CC(=O)O)CC(=O)O. The Morgan fingerprint density at radius 2 is 1.38 bits per heavy atom. The first-order chi connectivity index (χ1) is 12.1. The summed E-state index contributed by atoms with van der Waals surface area (Å²) in [5, 5.41) is 38.2. The molecule has 0 aromatic carbocycles. The quantitative estimate of drug-likeness (QED) is 0.216. The number of likely N-dealkylation sites (N-methyl/N-ethyl adjacent to an activating group) is 1. The van der Waals surface area contributed by atoms with Gasteiger partial charge in [-0.15, -0.1) is 0 Å². The summed E-state index contributed by atoms with van der Waals surface area (Å²) in [6.07, 6.45) is -0.366. The first kappa shape index (κ1) is 23.8. The molecule has 0 aliphatic heterocycles. The van der Waals surface area contributed by atoms with Crippen molar-refractivity contribution >= 4 is 23.9 Å². The molecular weight excluding hydrogens is 350 g/mol. The van der Waals surface area contributed by atoms with Gasteiger partial charge in [-0.3, -0.25) is 29.0 Å². The standard InChI is InChI=1S/C15H27N3O8/c1-2-17(9-13(21)22)7-8-18(10-14(23)24)6-5-16-11(15(25)26)3-4-12(19)20/h11,16H,2-10H2,1H3,(H,19,20)(H,21,22)(H,23,24)(H,25,26). The lowest BCUT2D eigenvalue weighted by Crippen LogP contribution is -2.45. The van der Waals surface area contributed by atoms with Gasteiger partial charge in [0.15, 0.2) is 0 Å². The van der Waals surface area contributed by atoms with Gasteiger partial charge in [-0.1, -0.05) is 6.92 Å². The van der Waals surface area contributed by atoms with E-state index in [1.807, 2.05) is 0 Å². The number of carboxylic acids is 4. The number of carboxylic acid groups (broad SMARTS) is 4. The van der Waals surface area contributed by atoms with Crippen molar-refractivity contribution in [3.05, 3.63) is 0 Å². The fourth-order valence-electron chi connectivity index (χ4n) is 2.26. The van der Waals surface area contributed by atoms with Crippen LogP contribution in [0.4, 0.5) is 0 Å². The highest BCUT2D eigenvalue weighted by Gasteiger charge is 2.19. The van der Waals surface area contributed by atoms with E-state index in [1.54, 1.807) is 16.7 Å². The van der Waals surface area contributed by atoms with Gasteiger partial charge < -0.3 is 25.7 Å². The summed E-state index contributed by atoms with van der Waals surface area (Å²) < 4.78 is 0. The lowest BCUT2D eigenvalue weighted by atomic mass is 10.1. The van der Waals surface area contributed by atoms with Crippen molar-refractivity contribution in [2.75, 3.05) is 45.8 Å². The van der Waals surface area contributed by atoms with Gasteiger partial charge >= 0.3 is 23.9 Å². The molecule has 0 saturated heterocycles. The summed E-state index contributed by atoms with van der Waals surface area (Å²) in [4.78, 5) is 46.6. The maximum atomic E-state index is 11.1. The van der Waals surface area contributed by atoms with E-state index in [0.29, 0.717) is 19.6 Å². The van der Waals surface area contributed by atoms with E-state index in [2.05, 4.69) is 5.32 Å². The molecule has 0 heterocycles. The average molecular weight is 377 g/mol. The van der Waals surface area contributed by atoms with Gasteiger partial charge in [0.25, 0.3) is 0 Å². The van der Waals surface area contributed by atoms with Crippen LogP contribution in [0.2, 0.25) is 0 Å². The third-order valence-electron chi connectivity index (χ3n) is 3.66. The lowest BCUT2D eigenvalue weighted by molar-refractivity contribution is -0.141. The molecule has 0 radical (unpaired) electrons. The summed E-state index contributed by atoms with van der Waals surface area (Å²) in [6, 6.07) is -1.03. The third kappa shape index (κ3) is 12.2.